The minimum Gasteiger partial charge on any atom is -0.381 e. The molecule has 5 heteroatoms. The van der Waals surface area contributed by atoms with E-state index in [-0.39, 0.29) is 6.04 Å². The van der Waals surface area contributed by atoms with Crippen LogP contribution < -0.4 is 11.1 Å². The summed E-state index contributed by atoms with van der Waals surface area (Å²) in [4.78, 5) is 0. The van der Waals surface area contributed by atoms with Gasteiger partial charge in [-0.2, -0.15) is 10.4 Å². The lowest BCUT2D eigenvalue weighted by Gasteiger charge is -2.22. The third-order valence-electron chi connectivity index (χ3n) is 2.59. The van der Waals surface area contributed by atoms with Crippen molar-refractivity contribution in [2.24, 2.45) is 0 Å². The molecule has 14 heavy (non-hydrogen) atoms. The molecule has 1 unspecified atom stereocenters. The number of anilines is 1. The minimum absolute atomic E-state index is 0.211. The van der Waals surface area contributed by atoms with Crippen molar-refractivity contribution in [2.45, 2.75) is 25.3 Å². The molecule has 2 rings (SSSR count). The molecular weight excluding hydrogens is 178 g/mol. The van der Waals surface area contributed by atoms with Crippen LogP contribution in [0, 0.1) is 11.3 Å². The second kappa shape index (κ2) is 3.68. The fourth-order valence-corrected chi connectivity index (χ4v) is 1.84. The number of hydrogen-bond donors (Lipinski definition) is 3. The quantitative estimate of drug-likeness (QED) is 0.608. The molecule has 0 aromatic carbocycles. The van der Waals surface area contributed by atoms with E-state index in [1.807, 2.05) is 0 Å². The van der Waals surface area contributed by atoms with Crippen molar-refractivity contribution in [3.63, 3.8) is 0 Å². The van der Waals surface area contributed by atoms with Crippen LogP contribution in [0.5, 0.6) is 0 Å². The van der Waals surface area contributed by atoms with E-state index in [9.17, 15) is 0 Å². The molecular formula is C9H13N5. The molecule has 1 aliphatic rings. The van der Waals surface area contributed by atoms with E-state index >= 15 is 0 Å². The number of nitrogens with one attached hydrogen (secondary N) is 2. The van der Waals surface area contributed by atoms with Gasteiger partial charge in [0.2, 0.25) is 0 Å². The summed E-state index contributed by atoms with van der Waals surface area (Å²) in [5.74, 6) is 0.301. The smallest absolute Gasteiger partial charge is 0.163 e. The third kappa shape index (κ3) is 1.44. The van der Waals surface area contributed by atoms with Gasteiger partial charge in [0.15, 0.2) is 5.82 Å². The molecule has 1 fully saturated rings. The van der Waals surface area contributed by atoms with E-state index in [1.165, 1.54) is 12.8 Å². The van der Waals surface area contributed by atoms with Gasteiger partial charge in [-0.05, 0) is 19.4 Å². The van der Waals surface area contributed by atoms with E-state index in [0.717, 1.165) is 18.7 Å². The van der Waals surface area contributed by atoms with Gasteiger partial charge in [-0.1, -0.05) is 6.42 Å². The van der Waals surface area contributed by atoms with Gasteiger partial charge in [-0.25, -0.2) is 0 Å². The van der Waals surface area contributed by atoms with Gasteiger partial charge in [0.25, 0.3) is 0 Å². The average molecular weight is 191 g/mol. The van der Waals surface area contributed by atoms with Gasteiger partial charge < -0.3 is 11.1 Å². The zero-order valence-corrected chi connectivity index (χ0v) is 7.88. The van der Waals surface area contributed by atoms with Crippen molar-refractivity contribution in [1.29, 1.82) is 5.26 Å². The number of H-pyrrole nitrogens is 1. The summed E-state index contributed by atoms with van der Waals surface area (Å²) in [5, 5.41) is 18.9. The Kier molecular flexibility index (Phi) is 2.37. The number of nitriles is 1. The summed E-state index contributed by atoms with van der Waals surface area (Å²) in [5.41, 5.74) is 6.89. The maximum absolute atomic E-state index is 8.90. The predicted octanol–water partition coefficient (Wildman–Crippen LogP) is 0.678. The maximum Gasteiger partial charge on any atom is 0.163 e. The zero-order chi connectivity index (χ0) is 9.97. The standard InChI is InChI=1S/C9H13N5/c10-5-6-8(13-14-9(6)11)7-3-1-2-4-12-7/h7,12H,1-4H2,(H3,11,13,14). The van der Waals surface area contributed by atoms with Crippen molar-refractivity contribution < 1.29 is 0 Å². The highest BCUT2D eigenvalue weighted by Gasteiger charge is 2.21. The van der Waals surface area contributed by atoms with E-state index < -0.39 is 0 Å². The maximum atomic E-state index is 8.90. The summed E-state index contributed by atoms with van der Waals surface area (Å²) in [7, 11) is 0. The molecule has 1 aliphatic heterocycles. The Hall–Kier alpha value is -1.54. The molecule has 0 spiro atoms. The van der Waals surface area contributed by atoms with Crippen molar-refractivity contribution in [1.82, 2.24) is 15.5 Å². The zero-order valence-electron chi connectivity index (χ0n) is 7.88. The lowest BCUT2D eigenvalue weighted by molar-refractivity contribution is 0.404. The molecule has 0 saturated carbocycles. The van der Waals surface area contributed by atoms with Crippen LogP contribution >= 0.6 is 0 Å². The van der Waals surface area contributed by atoms with Gasteiger partial charge >= 0.3 is 0 Å². The van der Waals surface area contributed by atoms with Gasteiger partial charge in [-0.15, -0.1) is 0 Å². The number of nitrogens with zero attached hydrogens (tertiary/aromatic N) is 2. The monoisotopic (exact) mass is 191 g/mol. The average Bonchev–Trinajstić information content (AvgIpc) is 2.61. The van der Waals surface area contributed by atoms with E-state index in [0.29, 0.717) is 11.4 Å². The molecule has 1 aromatic heterocycles. The fraction of sp³-hybridized carbons (Fsp3) is 0.556. The number of hydrogen-bond acceptors (Lipinski definition) is 4. The highest BCUT2D eigenvalue weighted by atomic mass is 15.2. The molecule has 1 aromatic rings. The second-order valence-corrected chi connectivity index (χ2v) is 3.51. The molecule has 0 radical (unpaired) electrons. The van der Waals surface area contributed by atoms with Crippen LogP contribution in [0.4, 0.5) is 5.82 Å². The number of aromatic amines is 1. The molecule has 4 N–H and O–H groups in total. The van der Waals surface area contributed by atoms with Crippen molar-refractivity contribution in [3.8, 4) is 6.07 Å². The Labute approximate surface area is 82.3 Å². The second-order valence-electron chi connectivity index (χ2n) is 3.51. The number of nitrogens with two attached hydrogens (primary N) is 1. The normalized spacial score (nSPS) is 21.8. The highest BCUT2D eigenvalue weighted by Crippen LogP contribution is 2.25. The summed E-state index contributed by atoms with van der Waals surface area (Å²) in [6.07, 6.45) is 3.42. The van der Waals surface area contributed by atoms with Crippen molar-refractivity contribution >= 4 is 5.82 Å². The summed E-state index contributed by atoms with van der Waals surface area (Å²) < 4.78 is 0. The summed E-state index contributed by atoms with van der Waals surface area (Å²) in [6, 6.07) is 2.29. The van der Waals surface area contributed by atoms with Crippen molar-refractivity contribution in [2.75, 3.05) is 12.3 Å². The van der Waals surface area contributed by atoms with Crippen LogP contribution in [0.2, 0.25) is 0 Å². The first-order chi connectivity index (χ1) is 6.83. The number of piperidine rings is 1. The molecule has 74 valence electrons. The molecule has 0 bridgehead atoms. The van der Waals surface area contributed by atoms with Gasteiger partial charge in [0.05, 0.1) is 11.7 Å². The van der Waals surface area contributed by atoms with E-state index in [2.05, 4.69) is 21.6 Å². The number of aromatic nitrogens is 2. The third-order valence-corrected chi connectivity index (χ3v) is 2.59. The first-order valence-corrected chi connectivity index (χ1v) is 4.80. The van der Waals surface area contributed by atoms with Crippen molar-refractivity contribution in [3.05, 3.63) is 11.3 Å². The molecule has 1 saturated heterocycles. The summed E-state index contributed by atoms with van der Waals surface area (Å²) >= 11 is 0. The molecule has 1 atom stereocenters. The lowest BCUT2D eigenvalue weighted by atomic mass is 10.00. The summed E-state index contributed by atoms with van der Waals surface area (Å²) in [6.45, 7) is 0.995. The minimum atomic E-state index is 0.211. The van der Waals surface area contributed by atoms with Crippen LogP contribution in [0.25, 0.3) is 0 Å². The van der Waals surface area contributed by atoms with Crippen LogP contribution in [-0.2, 0) is 0 Å². The van der Waals surface area contributed by atoms with Crippen LogP contribution in [0.1, 0.15) is 36.6 Å². The Morgan fingerprint density at radius 1 is 1.50 bits per heavy atom. The van der Waals surface area contributed by atoms with Gasteiger partial charge in [0, 0.05) is 0 Å². The first kappa shape index (κ1) is 9.03. The molecule has 0 amide bonds. The molecule has 0 aliphatic carbocycles. The van der Waals surface area contributed by atoms with Gasteiger partial charge in [0.1, 0.15) is 11.6 Å². The predicted molar refractivity (Wildman–Crippen MR) is 52.3 cm³/mol. The Bertz CT molecular complexity index is 356. The largest absolute Gasteiger partial charge is 0.381 e. The fourth-order valence-electron chi connectivity index (χ4n) is 1.84. The van der Waals surface area contributed by atoms with Crippen LogP contribution in [0.3, 0.4) is 0 Å². The Morgan fingerprint density at radius 3 is 3.00 bits per heavy atom. The first-order valence-electron chi connectivity index (χ1n) is 4.80. The lowest BCUT2D eigenvalue weighted by Crippen LogP contribution is -2.27. The van der Waals surface area contributed by atoms with Gasteiger partial charge in [-0.3, -0.25) is 5.10 Å². The molecule has 2 heterocycles. The van der Waals surface area contributed by atoms with Crippen LogP contribution in [0.15, 0.2) is 0 Å². The topological polar surface area (TPSA) is 90.5 Å². The van der Waals surface area contributed by atoms with E-state index in [1.54, 1.807) is 0 Å². The number of nitrogen functional groups attached to an aromatic ring is 1. The Morgan fingerprint density at radius 2 is 2.36 bits per heavy atom. The Balaban J connectivity index is 2.26. The van der Waals surface area contributed by atoms with Crippen LogP contribution in [-0.4, -0.2) is 16.7 Å². The number of rotatable bonds is 1. The highest BCUT2D eigenvalue weighted by molar-refractivity contribution is 5.51. The SMILES string of the molecule is N#Cc1c(N)n[nH]c1C1CCCCN1. The molecule has 5 nitrogen and oxygen atoms in total. The van der Waals surface area contributed by atoms with E-state index in [4.69, 9.17) is 11.0 Å².